The first-order valence-electron chi connectivity index (χ1n) is 4.94. The molecule has 3 N–H and O–H groups in total. The number of pyridine rings is 2. The lowest BCUT2D eigenvalue weighted by Gasteiger charge is -2.10. The summed E-state index contributed by atoms with van der Waals surface area (Å²) in [6.07, 6.45) is 0.898. The highest BCUT2D eigenvalue weighted by molar-refractivity contribution is 5.78. The molecular formula is C11H13N3O2. The molecular weight excluding hydrogens is 206 g/mol. The van der Waals surface area contributed by atoms with Gasteiger partial charge < -0.3 is 15.6 Å². The summed E-state index contributed by atoms with van der Waals surface area (Å²) >= 11 is 0. The normalized spacial score (nSPS) is 12.7. The number of ether oxygens (including phenoxy) is 1. The summed E-state index contributed by atoms with van der Waals surface area (Å²) in [6, 6.07) is 5.24. The molecule has 0 unspecified atom stereocenters. The van der Waals surface area contributed by atoms with E-state index in [-0.39, 0.29) is 6.54 Å². The van der Waals surface area contributed by atoms with Gasteiger partial charge in [0.15, 0.2) is 0 Å². The van der Waals surface area contributed by atoms with Gasteiger partial charge in [0, 0.05) is 24.4 Å². The van der Waals surface area contributed by atoms with Gasteiger partial charge in [0.25, 0.3) is 0 Å². The van der Waals surface area contributed by atoms with Crippen LogP contribution in [0.3, 0.4) is 0 Å². The average molecular weight is 219 g/mol. The molecule has 5 heteroatoms. The summed E-state index contributed by atoms with van der Waals surface area (Å²) in [5, 5.41) is 9.76. The van der Waals surface area contributed by atoms with E-state index in [9.17, 15) is 5.11 Å². The molecule has 2 aromatic rings. The molecule has 0 saturated heterocycles. The summed E-state index contributed by atoms with van der Waals surface area (Å²) < 4.78 is 5.04. The van der Waals surface area contributed by atoms with Crippen LogP contribution in [0.4, 0.5) is 0 Å². The SMILES string of the molecule is COc1ccc2nccc([C@@H](O)CN)c2n1. The topological polar surface area (TPSA) is 81.3 Å². The second-order valence-electron chi connectivity index (χ2n) is 3.37. The van der Waals surface area contributed by atoms with Crippen molar-refractivity contribution in [2.24, 2.45) is 5.73 Å². The van der Waals surface area contributed by atoms with Gasteiger partial charge in [-0.3, -0.25) is 4.98 Å². The van der Waals surface area contributed by atoms with Gasteiger partial charge in [-0.2, -0.15) is 0 Å². The zero-order valence-corrected chi connectivity index (χ0v) is 8.92. The Morgan fingerprint density at radius 1 is 1.44 bits per heavy atom. The van der Waals surface area contributed by atoms with E-state index in [0.29, 0.717) is 22.5 Å². The highest BCUT2D eigenvalue weighted by Gasteiger charge is 2.11. The van der Waals surface area contributed by atoms with Crippen molar-refractivity contribution in [1.82, 2.24) is 9.97 Å². The van der Waals surface area contributed by atoms with Crippen LogP contribution in [0.25, 0.3) is 11.0 Å². The van der Waals surface area contributed by atoms with Crippen molar-refractivity contribution in [3.8, 4) is 5.88 Å². The van der Waals surface area contributed by atoms with Crippen LogP contribution in [-0.4, -0.2) is 28.7 Å². The van der Waals surface area contributed by atoms with E-state index in [4.69, 9.17) is 10.5 Å². The Morgan fingerprint density at radius 2 is 2.25 bits per heavy atom. The summed E-state index contributed by atoms with van der Waals surface area (Å²) in [4.78, 5) is 8.43. The molecule has 0 saturated carbocycles. The summed E-state index contributed by atoms with van der Waals surface area (Å²) in [6.45, 7) is 0.151. The number of aliphatic hydroxyl groups is 1. The van der Waals surface area contributed by atoms with E-state index >= 15 is 0 Å². The molecule has 0 aliphatic carbocycles. The Bertz CT molecular complexity index is 502. The molecule has 1 atom stereocenters. The zero-order valence-electron chi connectivity index (χ0n) is 8.92. The van der Waals surface area contributed by atoms with E-state index in [1.54, 1.807) is 31.5 Å². The third-order valence-corrected chi connectivity index (χ3v) is 2.38. The quantitative estimate of drug-likeness (QED) is 0.791. The number of aliphatic hydroxyl groups excluding tert-OH is 1. The van der Waals surface area contributed by atoms with Crippen LogP contribution in [0.2, 0.25) is 0 Å². The van der Waals surface area contributed by atoms with E-state index in [1.807, 2.05) is 0 Å². The summed E-state index contributed by atoms with van der Waals surface area (Å²) in [5.74, 6) is 0.492. The summed E-state index contributed by atoms with van der Waals surface area (Å²) in [5.41, 5.74) is 7.45. The first kappa shape index (κ1) is 10.8. The second-order valence-corrected chi connectivity index (χ2v) is 3.37. The van der Waals surface area contributed by atoms with Crippen molar-refractivity contribution in [2.45, 2.75) is 6.10 Å². The molecule has 2 rings (SSSR count). The number of nitrogens with zero attached hydrogens (tertiary/aromatic N) is 2. The molecule has 0 fully saturated rings. The van der Waals surface area contributed by atoms with Crippen molar-refractivity contribution in [3.05, 3.63) is 30.0 Å². The Labute approximate surface area is 92.9 Å². The highest BCUT2D eigenvalue weighted by Crippen LogP contribution is 2.22. The minimum Gasteiger partial charge on any atom is -0.481 e. The molecule has 2 heterocycles. The lowest BCUT2D eigenvalue weighted by molar-refractivity contribution is 0.188. The Morgan fingerprint density at radius 3 is 2.94 bits per heavy atom. The second kappa shape index (κ2) is 4.42. The van der Waals surface area contributed by atoms with Crippen LogP contribution in [-0.2, 0) is 0 Å². The average Bonchev–Trinajstić information content (AvgIpc) is 2.36. The number of nitrogens with two attached hydrogens (primary N) is 1. The number of rotatable bonds is 3. The van der Waals surface area contributed by atoms with Crippen molar-refractivity contribution in [1.29, 1.82) is 0 Å². The molecule has 16 heavy (non-hydrogen) atoms. The van der Waals surface area contributed by atoms with Gasteiger partial charge in [0.2, 0.25) is 5.88 Å². The van der Waals surface area contributed by atoms with Crippen LogP contribution >= 0.6 is 0 Å². The molecule has 0 radical (unpaired) electrons. The van der Waals surface area contributed by atoms with Gasteiger partial charge in [-0.1, -0.05) is 0 Å². The van der Waals surface area contributed by atoms with Crippen molar-refractivity contribution in [3.63, 3.8) is 0 Å². The predicted octanol–water partition coefficient (Wildman–Crippen LogP) is 0.631. The van der Waals surface area contributed by atoms with Gasteiger partial charge in [0.05, 0.1) is 24.2 Å². The molecule has 0 aromatic carbocycles. The largest absolute Gasteiger partial charge is 0.481 e. The third-order valence-electron chi connectivity index (χ3n) is 2.38. The van der Waals surface area contributed by atoms with Crippen LogP contribution in [0.1, 0.15) is 11.7 Å². The van der Waals surface area contributed by atoms with E-state index < -0.39 is 6.10 Å². The smallest absolute Gasteiger partial charge is 0.213 e. The fourth-order valence-corrected chi connectivity index (χ4v) is 1.54. The summed E-state index contributed by atoms with van der Waals surface area (Å²) in [7, 11) is 1.55. The minimum absolute atomic E-state index is 0.151. The molecule has 0 aliphatic heterocycles. The molecule has 5 nitrogen and oxygen atoms in total. The zero-order chi connectivity index (χ0) is 11.5. The lowest BCUT2D eigenvalue weighted by atomic mass is 10.1. The Hall–Kier alpha value is -1.72. The van der Waals surface area contributed by atoms with Crippen LogP contribution in [0.15, 0.2) is 24.4 Å². The number of methoxy groups -OCH3 is 1. The van der Waals surface area contributed by atoms with Gasteiger partial charge >= 0.3 is 0 Å². The highest BCUT2D eigenvalue weighted by atomic mass is 16.5. The fourth-order valence-electron chi connectivity index (χ4n) is 1.54. The van der Waals surface area contributed by atoms with Gasteiger partial charge in [0.1, 0.15) is 0 Å². The monoisotopic (exact) mass is 219 g/mol. The molecule has 0 bridgehead atoms. The molecule has 0 aliphatic rings. The molecule has 0 amide bonds. The maximum absolute atomic E-state index is 9.76. The van der Waals surface area contributed by atoms with Crippen molar-refractivity contribution >= 4 is 11.0 Å². The van der Waals surface area contributed by atoms with Gasteiger partial charge in [-0.15, -0.1) is 0 Å². The Kier molecular flexibility index (Phi) is 2.98. The lowest BCUT2D eigenvalue weighted by Crippen LogP contribution is -2.12. The van der Waals surface area contributed by atoms with Crippen LogP contribution < -0.4 is 10.5 Å². The number of hydrogen-bond donors (Lipinski definition) is 2. The van der Waals surface area contributed by atoms with E-state index in [1.165, 1.54) is 0 Å². The maximum atomic E-state index is 9.76. The molecule has 84 valence electrons. The maximum Gasteiger partial charge on any atom is 0.213 e. The van der Waals surface area contributed by atoms with Crippen LogP contribution in [0, 0.1) is 0 Å². The Balaban J connectivity index is 2.64. The third kappa shape index (κ3) is 1.82. The first-order chi connectivity index (χ1) is 7.76. The standard InChI is InChI=1S/C11H13N3O2/c1-16-10-3-2-8-11(14-10)7(4-5-13-8)9(15)6-12/h2-5,9,15H,6,12H2,1H3/t9-/m0/s1. The van der Waals surface area contributed by atoms with Gasteiger partial charge in [-0.05, 0) is 12.1 Å². The first-order valence-corrected chi connectivity index (χ1v) is 4.94. The molecule has 0 spiro atoms. The van der Waals surface area contributed by atoms with E-state index in [0.717, 1.165) is 0 Å². The fraction of sp³-hybridized carbons (Fsp3) is 0.273. The molecule has 2 aromatic heterocycles. The van der Waals surface area contributed by atoms with Crippen LogP contribution in [0.5, 0.6) is 5.88 Å². The number of aromatic nitrogens is 2. The number of hydrogen-bond acceptors (Lipinski definition) is 5. The van der Waals surface area contributed by atoms with Crippen molar-refractivity contribution in [2.75, 3.05) is 13.7 Å². The predicted molar refractivity (Wildman–Crippen MR) is 60.1 cm³/mol. The minimum atomic E-state index is -0.731. The van der Waals surface area contributed by atoms with Gasteiger partial charge in [-0.25, -0.2) is 4.98 Å². The van der Waals surface area contributed by atoms with Crippen molar-refractivity contribution < 1.29 is 9.84 Å². The van der Waals surface area contributed by atoms with E-state index in [2.05, 4.69) is 9.97 Å². The number of fused-ring (bicyclic) bond motifs is 1.